The number of hydrogen-bond donors (Lipinski definition) is 2. The predicted octanol–water partition coefficient (Wildman–Crippen LogP) is -5.79. The number of nitrogens with two attached hydrogens (primary N) is 2. The summed E-state index contributed by atoms with van der Waals surface area (Å²) in [5.41, 5.74) is 3.51. The van der Waals surface area contributed by atoms with Crippen LogP contribution in [0.5, 0.6) is 5.75 Å². The minimum absolute atomic E-state index is 0. The zero-order valence-corrected chi connectivity index (χ0v) is 17.8. The number of quaternary nitrogens is 2. The molecule has 1 aliphatic rings. The van der Waals surface area contributed by atoms with E-state index in [0.29, 0.717) is 12.1 Å². The number of ether oxygens (including phenoxy) is 1. The van der Waals surface area contributed by atoms with E-state index in [1.165, 1.54) is 24.9 Å². The van der Waals surface area contributed by atoms with Crippen molar-refractivity contribution < 1.29 is 40.2 Å². The molecule has 0 aliphatic carbocycles. The van der Waals surface area contributed by atoms with E-state index in [4.69, 9.17) is 4.74 Å². The van der Waals surface area contributed by atoms with E-state index >= 15 is 0 Å². The molecule has 1 aromatic heterocycles. The summed E-state index contributed by atoms with van der Waals surface area (Å²) < 4.78 is 7.25. The highest BCUT2D eigenvalue weighted by molar-refractivity contribution is 5.43. The zero-order valence-electron chi connectivity index (χ0n) is 16.3. The minimum atomic E-state index is 0. The first-order valence-corrected chi connectivity index (χ1v) is 9.47. The molecule has 9 heteroatoms. The number of halogens is 2. The fourth-order valence-electron chi connectivity index (χ4n) is 3.95. The Balaban J connectivity index is 0.00000150. The van der Waals surface area contributed by atoms with Crippen LogP contribution in [0.15, 0.2) is 54.9 Å². The van der Waals surface area contributed by atoms with Crippen molar-refractivity contribution in [3.63, 3.8) is 0 Å². The highest BCUT2D eigenvalue weighted by Gasteiger charge is 2.32. The SMILES string of the molecule is COc1ccc(-n2cnnn2)cc1[14CH2][NH2+][C@H]1CCC[NH2+][C@H]1c1ccccc1.[Cl-].[Cl-]. The molecule has 3 aromatic rings. The Hall–Kier alpha value is -2.19. The zero-order chi connectivity index (χ0) is 18.5. The number of aromatic nitrogens is 4. The molecule has 1 fully saturated rings. The Morgan fingerprint density at radius 2 is 2.00 bits per heavy atom. The van der Waals surface area contributed by atoms with Gasteiger partial charge in [0.05, 0.1) is 24.9 Å². The number of benzene rings is 2. The summed E-state index contributed by atoms with van der Waals surface area (Å²) in [5, 5.41) is 16.4. The van der Waals surface area contributed by atoms with E-state index in [2.05, 4.69) is 62.6 Å². The molecule has 4 rings (SSSR count). The summed E-state index contributed by atoms with van der Waals surface area (Å²) in [6, 6.07) is 17.9. The summed E-state index contributed by atoms with van der Waals surface area (Å²) in [6.45, 7) is 2.06. The van der Waals surface area contributed by atoms with Gasteiger partial charge in [-0.05, 0) is 28.6 Å². The number of rotatable bonds is 6. The molecule has 1 saturated heterocycles. The van der Waals surface area contributed by atoms with Crippen LogP contribution in [0.1, 0.15) is 30.0 Å². The van der Waals surface area contributed by atoms with Crippen LogP contribution < -0.4 is 40.2 Å². The van der Waals surface area contributed by atoms with Gasteiger partial charge in [0.25, 0.3) is 0 Å². The molecular weight excluding hydrogens is 413 g/mol. The molecule has 0 spiro atoms. The predicted molar refractivity (Wildman–Crippen MR) is 100 cm³/mol. The standard InChI is InChI=1S/C20H24N6O.2ClH/c1-27-19-10-9-17(26-14-23-24-25-26)12-16(19)13-22-18-8-5-11-21-20(18)15-6-3-2-4-7-15;;/h2-4,6-7,9-10,12,14,18,20-22H,5,8,11,13H2,1H3;2*1H/t18-,20-;;/m0../s1/i13+2;;. The van der Waals surface area contributed by atoms with Crippen molar-refractivity contribution in [3.8, 4) is 11.4 Å². The Kier molecular flexibility index (Phi) is 8.85. The number of hydrogen-bond acceptors (Lipinski definition) is 4. The molecule has 2 atom stereocenters. The van der Waals surface area contributed by atoms with E-state index in [1.54, 1.807) is 18.1 Å². The van der Waals surface area contributed by atoms with Gasteiger partial charge in [-0.1, -0.05) is 30.3 Å². The van der Waals surface area contributed by atoms with Gasteiger partial charge in [0.2, 0.25) is 0 Å². The van der Waals surface area contributed by atoms with Crippen molar-refractivity contribution in [2.45, 2.75) is 31.5 Å². The van der Waals surface area contributed by atoms with Crippen molar-refractivity contribution in [1.29, 1.82) is 0 Å². The third kappa shape index (κ3) is 5.45. The lowest BCUT2D eigenvalue weighted by atomic mass is 9.93. The molecule has 4 N–H and O–H groups in total. The molecule has 0 radical (unpaired) electrons. The van der Waals surface area contributed by atoms with Crippen LogP contribution in [0.25, 0.3) is 5.69 Å². The normalized spacial score (nSPS) is 18.4. The molecule has 0 amide bonds. The average molecular weight is 439 g/mol. The van der Waals surface area contributed by atoms with Crippen molar-refractivity contribution >= 4 is 0 Å². The highest BCUT2D eigenvalue weighted by Crippen LogP contribution is 2.21. The maximum absolute atomic E-state index is 5.58. The first-order valence-electron chi connectivity index (χ1n) is 9.47. The van der Waals surface area contributed by atoms with Gasteiger partial charge in [-0.3, -0.25) is 0 Å². The van der Waals surface area contributed by atoms with Crippen LogP contribution >= 0.6 is 0 Å². The highest BCUT2D eigenvalue weighted by atomic mass is 35.5. The van der Waals surface area contributed by atoms with E-state index < -0.39 is 0 Å². The number of methoxy groups -OCH3 is 1. The molecule has 2 aromatic carbocycles. The summed E-state index contributed by atoms with van der Waals surface area (Å²) in [5.74, 6) is 0.902. The largest absolute Gasteiger partial charge is 1.00 e. The smallest absolute Gasteiger partial charge is 0.164 e. The molecule has 0 saturated carbocycles. The van der Waals surface area contributed by atoms with Crippen LogP contribution in [0.3, 0.4) is 0 Å². The van der Waals surface area contributed by atoms with Crippen molar-refractivity contribution in [2.24, 2.45) is 0 Å². The van der Waals surface area contributed by atoms with E-state index in [9.17, 15) is 0 Å². The van der Waals surface area contributed by atoms with Gasteiger partial charge in [-0.25, -0.2) is 4.68 Å². The van der Waals surface area contributed by atoms with Gasteiger partial charge in [0, 0.05) is 18.4 Å². The van der Waals surface area contributed by atoms with Crippen LogP contribution in [0.4, 0.5) is 0 Å². The molecule has 29 heavy (non-hydrogen) atoms. The molecule has 156 valence electrons. The maximum Gasteiger partial charge on any atom is 0.164 e. The molecule has 0 unspecified atom stereocenters. The molecule has 0 bridgehead atoms. The van der Waals surface area contributed by atoms with E-state index in [-0.39, 0.29) is 24.8 Å². The third-order valence-electron chi connectivity index (χ3n) is 5.33. The van der Waals surface area contributed by atoms with Gasteiger partial charge < -0.3 is 40.2 Å². The second-order valence-electron chi connectivity index (χ2n) is 6.96. The molecule has 1 aliphatic heterocycles. The van der Waals surface area contributed by atoms with E-state index in [0.717, 1.165) is 23.5 Å². The fraction of sp³-hybridized carbons (Fsp3) is 0.350. The summed E-state index contributed by atoms with van der Waals surface area (Å²) >= 11 is 0. The maximum atomic E-state index is 5.58. The van der Waals surface area contributed by atoms with Crippen LogP contribution in [-0.4, -0.2) is 39.9 Å². The number of tetrazole rings is 1. The number of piperidine rings is 1. The second-order valence-corrected chi connectivity index (χ2v) is 6.96. The van der Waals surface area contributed by atoms with Gasteiger partial charge in [0.1, 0.15) is 24.7 Å². The van der Waals surface area contributed by atoms with Gasteiger partial charge in [0.15, 0.2) is 6.04 Å². The lowest BCUT2D eigenvalue weighted by Crippen LogP contribution is -3.01. The Morgan fingerprint density at radius 3 is 2.72 bits per heavy atom. The van der Waals surface area contributed by atoms with Gasteiger partial charge in [-0.15, -0.1) is 5.10 Å². The first kappa shape index (κ1) is 23.1. The second kappa shape index (κ2) is 11.1. The van der Waals surface area contributed by atoms with Gasteiger partial charge in [-0.2, -0.15) is 0 Å². The fourth-order valence-corrected chi connectivity index (χ4v) is 3.95. The Labute approximate surface area is 183 Å². The number of nitrogens with zero attached hydrogens (tertiary/aromatic N) is 4. The lowest BCUT2D eigenvalue weighted by Gasteiger charge is -2.28. The average Bonchev–Trinajstić information content (AvgIpc) is 3.28. The molecular formula is C20H26Cl2N6O. The van der Waals surface area contributed by atoms with Crippen LogP contribution in [0.2, 0.25) is 0 Å². The summed E-state index contributed by atoms with van der Waals surface area (Å²) in [4.78, 5) is 0. The summed E-state index contributed by atoms with van der Waals surface area (Å²) in [7, 11) is 1.72. The first-order chi connectivity index (χ1) is 13.3. The topological polar surface area (TPSA) is 86.0 Å². The molecule has 7 nitrogen and oxygen atoms in total. The minimum Gasteiger partial charge on any atom is -1.00 e. The Bertz CT molecular complexity index is 863. The third-order valence-corrected chi connectivity index (χ3v) is 5.33. The van der Waals surface area contributed by atoms with Crippen molar-refractivity contribution in [2.75, 3.05) is 13.7 Å². The van der Waals surface area contributed by atoms with Crippen molar-refractivity contribution in [3.05, 3.63) is 66.0 Å². The van der Waals surface area contributed by atoms with Crippen LogP contribution in [-0.2, 0) is 6.54 Å². The monoisotopic (exact) mass is 438 g/mol. The molecule has 2 heterocycles. The summed E-state index contributed by atoms with van der Waals surface area (Å²) in [6.07, 6.45) is 4.09. The lowest BCUT2D eigenvalue weighted by molar-refractivity contribution is -0.797. The van der Waals surface area contributed by atoms with Crippen LogP contribution in [0, 0.1) is 0 Å². The van der Waals surface area contributed by atoms with Crippen molar-refractivity contribution in [1.82, 2.24) is 20.2 Å². The Morgan fingerprint density at radius 1 is 1.17 bits per heavy atom. The van der Waals surface area contributed by atoms with E-state index in [1.807, 2.05) is 12.1 Å². The quantitative estimate of drug-likeness (QED) is 0.401. The van der Waals surface area contributed by atoms with Gasteiger partial charge >= 0.3 is 0 Å².